The summed E-state index contributed by atoms with van der Waals surface area (Å²) < 4.78 is 42.4. The minimum absolute atomic E-state index is 0.113. The van der Waals surface area contributed by atoms with Crippen molar-refractivity contribution in [2.45, 2.75) is 69.9 Å². The average molecular weight is 551 g/mol. The highest BCUT2D eigenvalue weighted by molar-refractivity contribution is 6.74. The number of hydrogen-bond acceptors (Lipinski definition) is 4. The van der Waals surface area contributed by atoms with E-state index in [1.807, 2.05) is 0 Å². The van der Waals surface area contributed by atoms with E-state index in [0.29, 0.717) is 22.7 Å². The molecule has 0 radical (unpaired) electrons. The van der Waals surface area contributed by atoms with Gasteiger partial charge >= 0.3 is 0 Å². The molecule has 2 aromatic carbocycles. The van der Waals surface area contributed by atoms with Gasteiger partial charge in [0.1, 0.15) is 29.4 Å². The third kappa shape index (κ3) is 5.19. The molecule has 5 rings (SSSR count). The maximum atomic E-state index is 16.1. The number of hydrogen-bond donors (Lipinski definition) is 1. The zero-order valence-corrected chi connectivity index (χ0v) is 23.9. The molecular formula is C30H34F2N3O3Si+. The van der Waals surface area contributed by atoms with Gasteiger partial charge in [-0.25, -0.2) is 13.8 Å². The van der Waals surface area contributed by atoms with E-state index in [1.54, 1.807) is 65.9 Å². The van der Waals surface area contributed by atoms with Crippen molar-refractivity contribution in [2.75, 3.05) is 0 Å². The number of fused-ring (bicyclic) bond motifs is 1. The first-order chi connectivity index (χ1) is 18.5. The van der Waals surface area contributed by atoms with Gasteiger partial charge in [0.2, 0.25) is 6.04 Å². The first-order valence-corrected chi connectivity index (χ1v) is 16.1. The third-order valence-electron chi connectivity index (χ3n) is 7.94. The van der Waals surface area contributed by atoms with E-state index in [2.05, 4.69) is 38.9 Å². The fraction of sp³-hybridized carbons (Fsp3) is 0.367. The summed E-state index contributed by atoms with van der Waals surface area (Å²) in [5.41, 5.74) is 0.810. The predicted octanol–water partition coefficient (Wildman–Crippen LogP) is 4.61. The summed E-state index contributed by atoms with van der Waals surface area (Å²) in [5, 5.41) is -0.113. The highest BCUT2D eigenvalue weighted by Gasteiger charge is 2.48. The molecular weight excluding hydrogens is 516 g/mol. The summed E-state index contributed by atoms with van der Waals surface area (Å²) in [4.78, 5) is 23.4. The molecule has 0 aliphatic carbocycles. The average Bonchev–Trinajstić information content (AvgIpc) is 3.50. The highest BCUT2D eigenvalue weighted by atomic mass is 28.4. The van der Waals surface area contributed by atoms with E-state index in [0.717, 1.165) is 0 Å². The van der Waals surface area contributed by atoms with Crippen molar-refractivity contribution < 1.29 is 27.4 Å². The van der Waals surface area contributed by atoms with E-state index in [9.17, 15) is 9.18 Å². The smallest absolute Gasteiger partial charge is 0.254 e. The van der Waals surface area contributed by atoms with Gasteiger partial charge in [-0.05, 0) is 48.0 Å². The van der Waals surface area contributed by atoms with Crippen LogP contribution in [0.4, 0.5) is 8.78 Å². The van der Waals surface area contributed by atoms with Crippen LogP contribution >= 0.6 is 0 Å². The van der Waals surface area contributed by atoms with E-state index < -0.39 is 32.3 Å². The maximum absolute atomic E-state index is 16.1. The van der Waals surface area contributed by atoms with Crippen LogP contribution in [0.2, 0.25) is 18.1 Å². The van der Waals surface area contributed by atoms with Gasteiger partial charge < -0.3 is 8.84 Å². The quantitative estimate of drug-likeness (QED) is 0.437. The number of rotatable bonds is 7. The fourth-order valence-electron chi connectivity index (χ4n) is 4.72. The minimum Gasteiger partial charge on any atom is -0.542 e. The summed E-state index contributed by atoms with van der Waals surface area (Å²) in [5.74, 6) is 0.192. The number of amidine groups is 1. The van der Waals surface area contributed by atoms with Gasteiger partial charge in [0.15, 0.2) is 17.9 Å². The van der Waals surface area contributed by atoms with Crippen molar-refractivity contribution in [3.8, 4) is 5.75 Å². The monoisotopic (exact) mass is 550 g/mol. The summed E-state index contributed by atoms with van der Waals surface area (Å²) >= 11 is 0. The molecule has 3 heterocycles. The maximum Gasteiger partial charge on any atom is 0.254 e. The Morgan fingerprint density at radius 3 is 2.51 bits per heavy atom. The second kappa shape index (κ2) is 10.2. The molecule has 0 spiro atoms. The number of amides is 1. The Morgan fingerprint density at radius 1 is 1.05 bits per heavy atom. The minimum atomic E-state index is -2.31. The Labute approximate surface area is 228 Å². The first kappa shape index (κ1) is 27.0. The van der Waals surface area contributed by atoms with E-state index in [1.165, 1.54) is 6.07 Å². The zero-order chi connectivity index (χ0) is 27.9. The molecule has 2 aliphatic heterocycles. The van der Waals surface area contributed by atoms with Gasteiger partial charge in [0, 0.05) is 18.4 Å². The lowest BCUT2D eigenvalue weighted by atomic mass is 9.98. The Hall–Kier alpha value is -3.59. The van der Waals surface area contributed by atoms with Crippen molar-refractivity contribution in [3.05, 3.63) is 89.4 Å². The molecule has 0 saturated carbocycles. The van der Waals surface area contributed by atoms with Crippen LogP contribution in [0.25, 0.3) is 0 Å². The van der Waals surface area contributed by atoms with E-state index in [4.69, 9.17) is 13.8 Å². The van der Waals surface area contributed by atoms with Crippen LogP contribution in [0.1, 0.15) is 43.7 Å². The summed E-state index contributed by atoms with van der Waals surface area (Å²) in [6, 6.07) is 13.2. The van der Waals surface area contributed by atoms with Gasteiger partial charge in [-0.2, -0.15) is 0 Å². The summed E-state index contributed by atoms with van der Waals surface area (Å²) in [6.45, 7) is 10.4. The second-order valence-corrected chi connectivity index (χ2v) is 16.4. The molecule has 1 N–H and O–H groups in total. The third-order valence-corrected chi connectivity index (χ3v) is 12.3. The van der Waals surface area contributed by atoms with Crippen molar-refractivity contribution >= 4 is 26.3 Å². The summed E-state index contributed by atoms with van der Waals surface area (Å²) in [6.07, 6.45) is 3.81. The molecule has 204 valence electrons. The molecule has 6 nitrogen and oxygen atoms in total. The number of carbonyl (C=O) groups excluding carboxylic acids is 1. The molecule has 0 fully saturated rings. The molecule has 3 unspecified atom stereocenters. The van der Waals surface area contributed by atoms with Gasteiger partial charge in [0.25, 0.3) is 14.2 Å². The van der Waals surface area contributed by atoms with Crippen LogP contribution in [0.3, 0.4) is 0 Å². The topological polar surface area (TPSA) is 69.0 Å². The highest BCUT2D eigenvalue weighted by Crippen LogP contribution is 2.39. The van der Waals surface area contributed by atoms with Crippen molar-refractivity contribution in [1.82, 2.24) is 4.90 Å². The molecule has 1 amide bonds. The fourth-order valence-corrected chi connectivity index (χ4v) is 5.74. The van der Waals surface area contributed by atoms with Crippen molar-refractivity contribution in [3.63, 3.8) is 0 Å². The van der Waals surface area contributed by atoms with Crippen LogP contribution in [0.15, 0.2) is 70.3 Å². The van der Waals surface area contributed by atoms with Crippen LogP contribution in [0, 0.1) is 11.6 Å². The summed E-state index contributed by atoms with van der Waals surface area (Å²) in [7, 11) is -2.31. The van der Waals surface area contributed by atoms with Crippen molar-refractivity contribution in [2.24, 2.45) is 4.99 Å². The number of furan rings is 1. The van der Waals surface area contributed by atoms with Crippen molar-refractivity contribution in [1.29, 1.82) is 0 Å². The van der Waals surface area contributed by atoms with Gasteiger partial charge in [-0.1, -0.05) is 51.1 Å². The van der Waals surface area contributed by atoms with Crippen LogP contribution in [-0.2, 0) is 17.6 Å². The van der Waals surface area contributed by atoms with Crippen LogP contribution in [0.5, 0.6) is 5.75 Å². The Balaban J connectivity index is 1.52. The zero-order valence-electron chi connectivity index (χ0n) is 22.9. The number of nitrogens with zero attached hydrogens (tertiary/aromatic N) is 2. The number of benzene rings is 2. The van der Waals surface area contributed by atoms with Gasteiger partial charge in [-0.3, -0.25) is 14.7 Å². The molecule has 3 aromatic rings. The van der Waals surface area contributed by atoms with E-state index >= 15 is 4.39 Å². The normalized spacial score (nSPS) is 21.2. The standard InChI is InChI=1S/C30H33F2N3O3Si/c1-30(2,3)39(4,5)38-26-14-8-12-21(27(26)32)25-18-33-23(16-19-10-6-7-13-22(19)31)28-34-24(29(36)35(25)28)17-20-11-9-15-37-20/h6-15,18,23-25H,16-17H2,1-5H3/p+1. The second-order valence-electron chi connectivity index (χ2n) is 11.6. The lowest BCUT2D eigenvalue weighted by Gasteiger charge is -2.37. The Morgan fingerprint density at radius 2 is 1.82 bits per heavy atom. The SMILES string of the molecule is CC(C)(C)[Si](C)(C)Oc1cccc(C2C=[NH+]C(Cc3ccccc3F)C3=NC(Cc4ccco4)C(=O)N32)c1F. The number of nitrogens with one attached hydrogen (secondary N) is 1. The molecule has 0 saturated heterocycles. The van der Waals surface area contributed by atoms with Gasteiger partial charge in [0.05, 0.1) is 6.26 Å². The van der Waals surface area contributed by atoms with Crippen LogP contribution in [-0.4, -0.2) is 43.3 Å². The lowest BCUT2D eigenvalue weighted by Crippen LogP contribution is -2.85. The molecule has 2 aliphatic rings. The molecule has 9 heteroatoms. The number of halogens is 2. The van der Waals surface area contributed by atoms with Crippen LogP contribution < -0.4 is 9.42 Å². The molecule has 1 aromatic heterocycles. The first-order valence-electron chi connectivity index (χ1n) is 13.2. The number of aliphatic imine (C=N–C) groups is 1. The largest absolute Gasteiger partial charge is 0.542 e. The van der Waals surface area contributed by atoms with Gasteiger partial charge in [-0.15, -0.1) is 0 Å². The number of carbonyl (C=O) groups is 1. The predicted molar refractivity (Wildman–Crippen MR) is 148 cm³/mol. The molecule has 3 atom stereocenters. The molecule has 0 bridgehead atoms. The lowest BCUT2D eigenvalue weighted by molar-refractivity contribution is -0.483. The van der Waals surface area contributed by atoms with E-state index in [-0.39, 0.29) is 35.4 Å². The Bertz CT molecular complexity index is 1430. The molecule has 39 heavy (non-hydrogen) atoms. The Kier molecular flexibility index (Phi) is 7.05.